The quantitative estimate of drug-likeness (QED) is 0.389. The van der Waals surface area contributed by atoms with Crippen molar-refractivity contribution in [2.45, 2.75) is 31.0 Å². The van der Waals surface area contributed by atoms with Gasteiger partial charge in [0.1, 0.15) is 10.7 Å². The Hall–Kier alpha value is -4.06. The molecule has 1 fully saturated rings. The van der Waals surface area contributed by atoms with Crippen molar-refractivity contribution in [3.8, 4) is 0 Å². The monoisotopic (exact) mass is 580 g/mol. The zero-order chi connectivity index (χ0) is 26.6. The van der Waals surface area contributed by atoms with E-state index < -0.39 is 35.9 Å². The van der Waals surface area contributed by atoms with Crippen LogP contribution in [0.3, 0.4) is 0 Å². The van der Waals surface area contributed by atoms with E-state index in [0.717, 1.165) is 21.4 Å². The maximum atomic E-state index is 13.5. The molecule has 3 N–H and O–H groups in total. The number of carboxylic acid groups (broad SMARTS) is 1. The van der Waals surface area contributed by atoms with Gasteiger partial charge in [-0.1, -0.05) is 23.4 Å². The number of nitrogens with zero attached hydrogens (tertiary/aromatic N) is 4. The Morgan fingerprint density at radius 3 is 2.74 bits per heavy atom. The summed E-state index contributed by atoms with van der Waals surface area (Å²) in [5.74, 6) is -1.41. The lowest BCUT2D eigenvalue weighted by molar-refractivity contribution is -0.126. The lowest BCUT2D eigenvalue weighted by atomic mass is 9.88. The maximum Gasteiger partial charge on any atom is 0.408 e. The minimum atomic E-state index is -1.24. The molecule has 11 nitrogen and oxygen atoms in total. The molecule has 1 aromatic carbocycles. The summed E-state index contributed by atoms with van der Waals surface area (Å²) < 4.78 is 0.643. The van der Waals surface area contributed by atoms with Gasteiger partial charge >= 0.3 is 6.09 Å². The molecule has 2 aliphatic heterocycles. The van der Waals surface area contributed by atoms with Gasteiger partial charge in [0, 0.05) is 42.9 Å². The van der Waals surface area contributed by atoms with E-state index in [4.69, 9.17) is 4.84 Å². The molecule has 196 valence electrons. The minimum Gasteiger partial charge on any atom is -0.465 e. The number of hydrogen-bond donors (Lipinski definition) is 3. The second-order valence-electron chi connectivity index (χ2n) is 9.25. The number of carbonyl (C=O) groups is 3. The molecule has 5 rings (SSSR count). The maximum absolute atomic E-state index is 13.5. The van der Waals surface area contributed by atoms with Crippen LogP contribution in [0.2, 0.25) is 0 Å². The number of aromatic nitrogens is 2. The molecule has 0 spiro atoms. The minimum absolute atomic E-state index is 0.0420. The smallest absolute Gasteiger partial charge is 0.408 e. The highest BCUT2D eigenvalue weighted by molar-refractivity contribution is 9.18. The highest BCUT2D eigenvalue weighted by atomic mass is 79.9. The van der Waals surface area contributed by atoms with Crippen molar-refractivity contribution in [3.63, 3.8) is 0 Å². The van der Waals surface area contributed by atoms with E-state index in [1.807, 2.05) is 30.3 Å². The summed E-state index contributed by atoms with van der Waals surface area (Å²) in [6.07, 6.45) is 3.96. The van der Waals surface area contributed by atoms with Crippen LogP contribution in [-0.2, 0) is 16.1 Å². The third-order valence-electron chi connectivity index (χ3n) is 6.73. The first kappa shape index (κ1) is 25.6. The number of rotatable bonds is 7. The Bertz CT molecular complexity index is 1390. The molecule has 4 atom stereocenters. The predicted octanol–water partition coefficient (Wildman–Crippen LogP) is 2.56. The van der Waals surface area contributed by atoms with Gasteiger partial charge in [0.25, 0.3) is 5.91 Å². The molecular weight excluding hydrogens is 556 g/mol. The molecule has 0 radical (unpaired) electrons. The number of halogens is 1. The van der Waals surface area contributed by atoms with E-state index in [1.54, 1.807) is 24.5 Å². The van der Waals surface area contributed by atoms with Crippen LogP contribution in [-0.4, -0.2) is 73.8 Å². The zero-order valence-corrected chi connectivity index (χ0v) is 21.7. The van der Waals surface area contributed by atoms with E-state index in [2.05, 4.69) is 41.7 Å². The molecule has 1 saturated heterocycles. The summed E-state index contributed by atoms with van der Waals surface area (Å²) in [4.78, 5) is 53.6. The highest BCUT2D eigenvalue weighted by Gasteiger charge is 2.48. The molecule has 38 heavy (non-hydrogen) atoms. The fourth-order valence-electron chi connectivity index (χ4n) is 4.92. The van der Waals surface area contributed by atoms with Crippen molar-refractivity contribution in [3.05, 3.63) is 72.2 Å². The van der Waals surface area contributed by atoms with Crippen molar-refractivity contribution >= 4 is 49.4 Å². The van der Waals surface area contributed by atoms with Crippen LogP contribution in [0.25, 0.3) is 10.9 Å². The molecule has 2 aromatic heterocycles. The highest BCUT2D eigenvalue weighted by Crippen LogP contribution is 2.30. The Morgan fingerprint density at radius 1 is 1.16 bits per heavy atom. The van der Waals surface area contributed by atoms with Crippen LogP contribution < -0.4 is 10.6 Å². The van der Waals surface area contributed by atoms with Gasteiger partial charge in [-0.05, 0) is 52.2 Å². The molecule has 0 aliphatic carbocycles. The normalized spacial score (nSPS) is 22.6. The molecule has 12 heteroatoms. The van der Waals surface area contributed by atoms with Gasteiger partial charge in [0.15, 0.2) is 6.10 Å². The number of carbonyl (C=O) groups excluding carboxylic acids is 2. The van der Waals surface area contributed by atoms with Crippen molar-refractivity contribution in [2.75, 3.05) is 13.1 Å². The van der Waals surface area contributed by atoms with Gasteiger partial charge in [-0.15, -0.1) is 0 Å². The van der Waals surface area contributed by atoms with Crippen LogP contribution in [0.15, 0.2) is 66.2 Å². The predicted molar refractivity (Wildman–Crippen MR) is 142 cm³/mol. The second-order valence-corrected chi connectivity index (χ2v) is 10.2. The van der Waals surface area contributed by atoms with E-state index >= 15 is 0 Å². The Balaban J connectivity index is 1.42. The van der Waals surface area contributed by atoms with E-state index in [1.165, 1.54) is 6.20 Å². The first-order chi connectivity index (χ1) is 18.4. The lowest BCUT2D eigenvalue weighted by Gasteiger charge is -2.26. The zero-order valence-electron chi connectivity index (χ0n) is 20.2. The Kier molecular flexibility index (Phi) is 7.50. The number of para-hydroxylation sites is 1. The van der Waals surface area contributed by atoms with Crippen LogP contribution >= 0.6 is 15.9 Å². The molecule has 0 saturated carbocycles. The van der Waals surface area contributed by atoms with Crippen molar-refractivity contribution in [1.29, 1.82) is 0 Å². The summed E-state index contributed by atoms with van der Waals surface area (Å²) in [6.45, 7) is 0.123. The van der Waals surface area contributed by atoms with E-state index in [9.17, 15) is 19.5 Å². The fraction of sp³-hybridized carbons (Fsp3) is 0.308. The van der Waals surface area contributed by atoms with Gasteiger partial charge in [0.05, 0.1) is 23.7 Å². The summed E-state index contributed by atoms with van der Waals surface area (Å²) in [5.41, 5.74) is 2.00. The number of benzene rings is 1. The molecule has 3 aromatic rings. The second kappa shape index (κ2) is 11.1. The number of nitrogens with one attached hydrogen (secondary N) is 2. The van der Waals surface area contributed by atoms with Gasteiger partial charge in [-0.25, -0.2) is 4.79 Å². The van der Waals surface area contributed by atoms with Crippen LogP contribution in [0, 0.1) is 5.92 Å². The summed E-state index contributed by atoms with van der Waals surface area (Å²) in [6, 6.07) is 11.2. The molecule has 4 heterocycles. The first-order valence-corrected chi connectivity index (χ1v) is 12.9. The Morgan fingerprint density at radius 2 is 2.00 bits per heavy atom. The first-order valence-electron chi connectivity index (χ1n) is 12.1. The van der Waals surface area contributed by atoms with E-state index in [0.29, 0.717) is 23.0 Å². The molecule has 3 amide bonds. The van der Waals surface area contributed by atoms with Crippen LogP contribution in [0.4, 0.5) is 4.79 Å². The standard InChI is InChI=1S/C26H25BrN6O5/c27-22-10-18(38-32-22)13-30-25(35)23-19(9-15-8-16-4-1-2-6-20(16)29-11-15)21(14-33(23)26(36)37)31-24(34)17-5-3-7-28-12-17/h1-8,11-12,18-19,21,23H,9-10,13-14H2,(H,30,35)(H,31,34)(H,36,37)/t18-,19?,21-,23-/m0/s1. The summed E-state index contributed by atoms with van der Waals surface area (Å²) in [5, 5.41) is 20.5. The van der Waals surface area contributed by atoms with Gasteiger partial charge in [-0.2, -0.15) is 0 Å². The number of fused-ring (bicyclic) bond motifs is 1. The average Bonchev–Trinajstić information content (AvgIpc) is 3.51. The molecule has 1 unspecified atom stereocenters. The van der Waals surface area contributed by atoms with Crippen LogP contribution in [0.1, 0.15) is 22.3 Å². The lowest BCUT2D eigenvalue weighted by Crippen LogP contribution is -2.50. The SMILES string of the molecule is O=C(N[C@H]1CN(C(=O)O)[C@H](C(=O)NC[C@@H]2CC(Br)=NO2)C1Cc1cnc2ccccc2c1)c1cccnc1. The fourth-order valence-corrected chi connectivity index (χ4v) is 5.37. The largest absolute Gasteiger partial charge is 0.465 e. The van der Waals surface area contributed by atoms with Crippen molar-refractivity contribution in [2.24, 2.45) is 11.1 Å². The van der Waals surface area contributed by atoms with Gasteiger partial charge in [0.2, 0.25) is 5.91 Å². The number of oxime groups is 1. The number of pyridine rings is 2. The number of amides is 3. The Labute approximate surface area is 226 Å². The number of hydrogen-bond acceptors (Lipinski definition) is 7. The van der Waals surface area contributed by atoms with Gasteiger partial charge < -0.3 is 20.6 Å². The topological polar surface area (TPSA) is 146 Å². The van der Waals surface area contributed by atoms with Crippen molar-refractivity contribution < 1.29 is 24.3 Å². The van der Waals surface area contributed by atoms with E-state index in [-0.39, 0.29) is 19.2 Å². The van der Waals surface area contributed by atoms with Gasteiger partial charge in [-0.3, -0.25) is 24.5 Å². The summed E-state index contributed by atoms with van der Waals surface area (Å²) >= 11 is 3.27. The molecule has 0 bridgehead atoms. The van der Waals surface area contributed by atoms with Crippen LogP contribution in [0.5, 0.6) is 0 Å². The average molecular weight is 581 g/mol. The number of likely N-dealkylation sites (tertiary alicyclic amines) is 1. The third-order valence-corrected chi connectivity index (χ3v) is 7.19. The third kappa shape index (κ3) is 5.59. The molecule has 2 aliphatic rings. The summed E-state index contributed by atoms with van der Waals surface area (Å²) in [7, 11) is 0. The molecular formula is C26H25BrN6O5. The van der Waals surface area contributed by atoms with Crippen molar-refractivity contribution in [1.82, 2.24) is 25.5 Å².